The van der Waals surface area contributed by atoms with E-state index in [0.717, 1.165) is 22.3 Å². The Morgan fingerprint density at radius 3 is 3.12 bits per heavy atom. The van der Waals surface area contributed by atoms with Gasteiger partial charge in [0, 0.05) is 23.3 Å². The fourth-order valence-electron chi connectivity index (χ4n) is 2.91. The van der Waals surface area contributed by atoms with Gasteiger partial charge >= 0.3 is 0 Å². The minimum absolute atomic E-state index is 0.157. The molecule has 0 fully saturated rings. The summed E-state index contributed by atoms with van der Waals surface area (Å²) in [6.07, 6.45) is 1.72. The summed E-state index contributed by atoms with van der Waals surface area (Å²) >= 11 is 0. The van der Waals surface area contributed by atoms with Gasteiger partial charge in [-0.15, -0.1) is 0 Å². The molecule has 3 aromatic rings. The first kappa shape index (κ1) is 14.4. The number of tetrazole rings is 1. The molecule has 1 amide bonds. The van der Waals surface area contributed by atoms with E-state index in [1.165, 1.54) is 0 Å². The zero-order valence-electron chi connectivity index (χ0n) is 13.3. The fraction of sp³-hybridized carbons (Fsp3) is 0.267. The SMILES string of the molecule is CCN1C(C)=C(C(=O)Nc2ccc3[nH]ncc3c2)Cn2nnnc21. The number of benzene rings is 1. The minimum atomic E-state index is -0.157. The molecule has 24 heavy (non-hydrogen) atoms. The third-order valence-corrected chi connectivity index (χ3v) is 4.19. The highest BCUT2D eigenvalue weighted by molar-refractivity contribution is 6.05. The van der Waals surface area contributed by atoms with Crippen LogP contribution in [-0.4, -0.2) is 42.9 Å². The molecule has 0 saturated carbocycles. The van der Waals surface area contributed by atoms with Crippen molar-refractivity contribution >= 4 is 28.4 Å². The number of hydrogen-bond acceptors (Lipinski definition) is 6. The topological polar surface area (TPSA) is 105 Å². The summed E-state index contributed by atoms with van der Waals surface area (Å²) < 4.78 is 1.63. The molecule has 3 heterocycles. The molecule has 0 unspecified atom stereocenters. The van der Waals surface area contributed by atoms with E-state index < -0.39 is 0 Å². The predicted molar refractivity (Wildman–Crippen MR) is 88.3 cm³/mol. The number of amides is 1. The summed E-state index contributed by atoms with van der Waals surface area (Å²) in [5.74, 6) is 0.501. The van der Waals surface area contributed by atoms with Crippen LogP contribution in [0.15, 0.2) is 35.7 Å². The van der Waals surface area contributed by atoms with Crippen molar-refractivity contribution in [1.29, 1.82) is 0 Å². The highest BCUT2D eigenvalue weighted by Crippen LogP contribution is 2.26. The lowest BCUT2D eigenvalue weighted by Crippen LogP contribution is -2.34. The van der Waals surface area contributed by atoms with Gasteiger partial charge in [-0.2, -0.15) is 5.10 Å². The van der Waals surface area contributed by atoms with Crippen molar-refractivity contribution in [2.75, 3.05) is 16.8 Å². The zero-order chi connectivity index (χ0) is 16.7. The average molecular weight is 324 g/mol. The van der Waals surface area contributed by atoms with Gasteiger partial charge in [0.25, 0.3) is 5.91 Å². The maximum atomic E-state index is 12.7. The maximum Gasteiger partial charge on any atom is 0.255 e. The number of rotatable bonds is 3. The van der Waals surface area contributed by atoms with Gasteiger partial charge in [-0.25, -0.2) is 4.68 Å². The van der Waals surface area contributed by atoms with E-state index in [2.05, 4.69) is 31.0 Å². The maximum absolute atomic E-state index is 12.7. The van der Waals surface area contributed by atoms with Crippen LogP contribution in [-0.2, 0) is 11.3 Å². The van der Waals surface area contributed by atoms with E-state index in [0.29, 0.717) is 24.6 Å². The Balaban J connectivity index is 1.63. The van der Waals surface area contributed by atoms with E-state index in [4.69, 9.17) is 0 Å². The van der Waals surface area contributed by atoms with E-state index in [1.54, 1.807) is 10.9 Å². The average Bonchev–Trinajstić information content (AvgIpc) is 3.22. The number of H-pyrrole nitrogens is 1. The van der Waals surface area contributed by atoms with Gasteiger partial charge in [0.05, 0.1) is 23.8 Å². The van der Waals surface area contributed by atoms with Crippen LogP contribution >= 0.6 is 0 Å². The number of anilines is 2. The van der Waals surface area contributed by atoms with Crippen LogP contribution in [0.1, 0.15) is 13.8 Å². The van der Waals surface area contributed by atoms with Crippen molar-refractivity contribution in [3.05, 3.63) is 35.7 Å². The Hall–Kier alpha value is -3.23. The van der Waals surface area contributed by atoms with Crippen molar-refractivity contribution in [2.45, 2.75) is 20.4 Å². The molecular weight excluding hydrogens is 308 g/mol. The highest BCUT2D eigenvalue weighted by Gasteiger charge is 2.27. The van der Waals surface area contributed by atoms with Gasteiger partial charge in [0.15, 0.2) is 0 Å². The highest BCUT2D eigenvalue weighted by atomic mass is 16.1. The second-order valence-corrected chi connectivity index (χ2v) is 5.57. The molecule has 1 aromatic carbocycles. The van der Waals surface area contributed by atoms with E-state index in [9.17, 15) is 4.79 Å². The van der Waals surface area contributed by atoms with E-state index in [1.807, 2.05) is 36.9 Å². The first-order chi connectivity index (χ1) is 11.7. The molecule has 4 rings (SSSR count). The summed E-state index contributed by atoms with van der Waals surface area (Å²) in [5.41, 5.74) is 3.15. The Morgan fingerprint density at radius 1 is 1.42 bits per heavy atom. The minimum Gasteiger partial charge on any atom is -0.322 e. The van der Waals surface area contributed by atoms with E-state index >= 15 is 0 Å². The lowest BCUT2D eigenvalue weighted by Gasteiger charge is -2.28. The summed E-state index contributed by atoms with van der Waals surface area (Å²) in [6, 6.07) is 5.62. The lowest BCUT2D eigenvalue weighted by atomic mass is 10.1. The molecule has 0 radical (unpaired) electrons. The molecular formula is C15H16N8O. The molecule has 0 spiro atoms. The first-order valence-corrected chi connectivity index (χ1v) is 7.65. The Labute approximate surface area is 137 Å². The molecule has 2 N–H and O–H groups in total. The van der Waals surface area contributed by atoms with Gasteiger partial charge in [-0.3, -0.25) is 9.89 Å². The molecule has 2 aromatic heterocycles. The summed E-state index contributed by atoms with van der Waals surface area (Å²) in [5, 5.41) is 22.4. The van der Waals surface area contributed by atoms with Crippen LogP contribution in [0, 0.1) is 0 Å². The van der Waals surface area contributed by atoms with Crippen molar-refractivity contribution in [3.8, 4) is 0 Å². The lowest BCUT2D eigenvalue weighted by molar-refractivity contribution is -0.113. The second-order valence-electron chi connectivity index (χ2n) is 5.57. The standard InChI is InChI=1S/C15H16N8O/c1-3-22-9(2)12(8-23-15(22)19-20-21-23)14(24)17-11-4-5-13-10(6-11)7-16-18-13/h4-7H,3,8H2,1-2H3,(H,16,18)(H,17,24). The molecule has 0 saturated heterocycles. The second kappa shape index (κ2) is 5.44. The van der Waals surface area contributed by atoms with Crippen LogP contribution in [0.5, 0.6) is 0 Å². The van der Waals surface area contributed by atoms with Crippen LogP contribution in [0.2, 0.25) is 0 Å². The molecule has 122 valence electrons. The Kier molecular flexibility index (Phi) is 3.26. The van der Waals surface area contributed by atoms with Gasteiger partial charge in [0.2, 0.25) is 5.95 Å². The number of hydrogen-bond donors (Lipinski definition) is 2. The molecule has 0 bridgehead atoms. The Morgan fingerprint density at radius 2 is 2.29 bits per heavy atom. The first-order valence-electron chi connectivity index (χ1n) is 7.65. The third-order valence-electron chi connectivity index (χ3n) is 4.19. The van der Waals surface area contributed by atoms with Crippen molar-refractivity contribution < 1.29 is 4.79 Å². The smallest absolute Gasteiger partial charge is 0.255 e. The number of allylic oxidation sites excluding steroid dienone is 1. The summed E-state index contributed by atoms with van der Waals surface area (Å²) in [6.45, 7) is 4.94. The van der Waals surface area contributed by atoms with Crippen molar-refractivity contribution in [3.63, 3.8) is 0 Å². The largest absolute Gasteiger partial charge is 0.322 e. The predicted octanol–water partition coefficient (Wildman–Crippen LogP) is 1.30. The zero-order valence-corrected chi connectivity index (χ0v) is 13.3. The van der Waals surface area contributed by atoms with Gasteiger partial charge in [-0.05, 0) is 42.5 Å². The van der Waals surface area contributed by atoms with Crippen LogP contribution in [0.4, 0.5) is 11.6 Å². The van der Waals surface area contributed by atoms with Crippen molar-refractivity contribution in [1.82, 2.24) is 30.4 Å². The summed E-state index contributed by atoms with van der Waals surface area (Å²) in [4.78, 5) is 14.7. The summed E-state index contributed by atoms with van der Waals surface area (Å²) in [7, 11) is 0. The van der Waals surface area contributed by atoms with Gasteiger partial charge in [-0.1, -0.05) is 5.10 Å². The monoisotopic (exact) mass is 324 g/mol. The number of nitrogens with zero attached hydrogens (tertiary/aromatic N) is 6. The number of fused-ring (bicyclic) bond motifs is 2. The Bertz CT molecular complexity index is 953. The normalized spacial score (nSPS) is 14.2. The van der Waals surface area contributed by atoms with E-state index in [-0.39, 0.29) is 5.91 Å². The number of carbonyl (C=O) groups is 1. The molecule has 9 nitrogen and oxygen atoms in total. The van der Waals surface area contributed by atoms with Gasteiger partial charge < -0.3 is 10.2 Å². The fourth-order valence-corrected chi connectivity index (χ4v) is 2.91. The molecule has 1 aliphatic heterocycles. The third kappa shape index (κ3) is 2.21. The number of aromatic nitrogens is 6. The van der Waals surface area contributed by atoms with Crippen LogP contribution in [0.25, 0.3) is 10.9 Å². The number of nitrogens with one attached hydrogen (secondary N) is 2. The number of carbonyl (C=O) groups excluding carboxylic acids is 1. The van der Waals surface area contributed by atoms with Gasteiger partial charge in [0.1, 0.15) is 0 Å². The molecule has 0 atom stereocenters. The van der Waals surface area contributed by atoms with Crippen LogP contribution < -0.4 is 10.2 Å². The van der Waals surface area contributed by atoms with Crippen molar-refractivity contribution in [2.24, 2.45) is 0 Å². The molecule has 9 heteroatoms. The molecule has 0 aliphatic carbocycles. The van der Waals surface area contributed by atoms with Crippen LogP contribution in [0.3, 0.4) is 0 Å². The number of aromatic amines is 1. The quantitative estimate of drug-likeness (QED) is 0.752. The molecule has 1 aliphatic rings.